The molecule has 0 saturated carbocycles. The topological polar surface area (TPSA) is 85.9 Å². The van der Waals surface area contributed by atoms with Crippen molar-refractivity contribution in [1.82, 2.24) is 10.6 Å². The van der Waals surface area contributed by atoms with Crippen LogP contribution in [0.3, 0.4) is 0 Å². The first-order valence-corrected chi connectivity index (χ1v) is 9.49. The van der Waals surface area contributed by atoms with E-state index in [1.165, 1.54) is 0 Å². The summed E-state index contributed by atoms with van der Waals surface area (Å²) in [6, 6.07) is 5.55. The molecule has 2 rings (SSSR count). The summed E-state index contributed by atoms with van der Waals surface area (Å²) in [5.41, 5.74) is 0.887. The maximum absolute atomic E-state index is 11.9. The fourth-order valence-electron chi connectivity index (χ4n) is 2.69. The lowest BCUT2D eigenvalue weighted by Gasteiger charge is -2.15. The molecule has 0 aromatic heterocycles. The van der Waals surface area contributed by atoms with Crippen molar-refractivity contribution in [2.45, 2.75) is 45.8 Å². The van der Waals surface area contributed by atoms with Crippen molar-refractivity contribution in [3.63, 3.8) is 0 Å². The summed E-state index contributed by atoms with van der Waals surface area (Å²) in [5.74, 6) is 0.837. The second-order valence-corrected chi connectivity index (χ2v) is 6.74. The van der Waals surface area contributed by atoms with Crippen LogP contribution in [0.4, 0.5) is 0 Å². The Bertz CT molecular complexity index is 629. The van der Waals surface area contributed by atoms with Crippen molar-refractivity contribution in [2.24, 2.45) is 5.92 Å². The van der Waals surface area contributed by atoms with Crippen molar-refractivity contribution in [3.8, 4) is 11.5 Å². The predicted octanol–water partition coefficient (Wildman–Crippen LogP) is 2.03. The van der Waals surface area contributed by atoms with Gasteiger partial charge in [-0.05, 0) is 37.0 Å². The van der Waals surface area contributed by atoms with Crippen LogP contribution < -0.4 is 20.1 Å². The van der Waals surface area contributed by atoms with E-state index in [0.29, 0.717) is 24.7 Å². The molecule has 0 aliphatic carbocycles. The maximum Gasteiger partial charge on any atom is 0.239 e. The van der Waals surface area contributed by atoms with Gasteiger partial charge in [0.25, 0.3) is 0 Å². The minimum Gasteiger partial charge on any atom is -0.493 e. The number of benzene rings is 1. The molecule has 0 spiro atoms. The summed E-state index contributed by atoms with van der Waals surface area (Å²) in [7, 11) is 1.58. The molecule has 1 saturated heterocycles. The average molecular weight is 378 g/mol. The van der Waals surface area contributed by atoms with Gasteiger partial charge in [0.05, 0.1) is 19.8 Å². The predicted molar refractivity (Wildman–Crippen MR) is 102 cm³/mol. The first kappa shape index (κ1) is 21.0. The van der Waals surface area contributed by atoms with Crippen molar-refractivity contribution in [3.05, 3.63) is 23.8 Å². The number of rotatable bonds is 10. The van der Waals surface area contributed by atoms with Gasteiger partial charge in [-0.2, -0.15) is 0 Å². The second kappa shape index (κ2) is 10.8. The number of carbonyl (C=O) groups is 2. The Morgan fingerprint density at radius 3 is 2.78 bits per heavy atom. The minimum atomic E-state index is -0.232. The van der Waals surface area contributed by atoms with Gasteiger partial charge in [0.2, 0.25) is 11.8 Å². The van der Waals surface area contributed by atoms with Gasteiger partial charge in [-0.15, -0.1) is 0 Å². The van der Waals surface area contributed by atoms with E-state index in [0.717, 1.165) is 31.4 Å². The van der Waals surface area contributed by atoms with E-state index < -0.39 is 0 Å². The summed E-state index contributed by atoms with van der Waals surface area (Å²) in [6.07, 6.45) is 2.97. The molecule has 2 unspecified atom stereocenters. The summed E-state index contributed by atoms with van der Waals surface area (Å²) in [5, 5.41) is 5.43. The van der Waals surface area contributed by atoms with Gasteiger partial charge in [0, 0.05) is 19.1 Å². The van der Waals surface area contributed by atoms with Crippen LogP contribution in [0.5, 0.6) is 11.5 Å². The third kappa shape index (κ3) is 6.75. The van der Waals surface area contributed by atoms with Gasteiger partial charge in [-0.1, -0.05) is 19.9 Å². The quantitative estimate of drug-likeness (QED) is 0.651. The standard InChI is InChI=1S/C20H30N2O5/c1-4-14(2)20(24)22-12-19(23)21-11-15-7-8-17(18(10-15)25-3)27-13-16-6-5-9-26-16/h7-8,10,14,16H,4-6,9,11-13H2,1-3H3,(H,21,23)(H,22,24). The van der Waals surface area contributed by atoms with Gasteiger partial charge in [-0.25, -0.2) is 0 Å². The van der Waals surface area contributed by atoms with Crippen LogP contribution in [0.1, 0.15) is 38.7 Å². The summed E-state index contributed by atoms with van der Waals surface area (Å²) in [6.45, 7) is 5.39. The van der Waals surface area contributed by atoms with E-state index in [2.05, 4.69) is 10.6 Å². The number of ether oxygens (including phenoxy) is 3. The van der Waals surface area contributed by atoms with Crippen LogP contribution in [0.15, 0.2) is 18.2 Å². The highest BCUT2D eigenvalue weighted by atomic mass is 16.5. The minimum absolute atomic E-state index is 0.0249. The lowest BCUT2D eigenvalue weighted by Crippen LogP contribution is -2.38. The van der Waals surface area contributed by atoms with Crippen LogP contribution in [0, 0.1) is 5.92 Å². The molecule has 1 aromatic carbocycles. The van der Waals surface area contributed by atoms with Crippen LogP contribution in [-0.4, -0.2) is 44.8 Å². The van der Waals surface area contributed by atoms with Gasteiger partial charge >= 0.3 is 0 Å². The number of amides is 2. The number of carbonyl (C=O) groups excluding carboxylic acids is 2. The molecule has 150 valence electrons. The lowest BCUT2D eigenvalue weighted by molar-refractivity contribution is -0.128. The Balaban J connectivity index is 1.80. The molecule has 1 aliphatic heterocycles. The van der Waals surface area contributed by atoms with Crippen LogP contribution in [0.25, 0.3) is 0 Å². The number of nitrogens with one attached hydrogen (secondary N) is 2. The SMILES string of the molecule is CCC(C)C(=O)NCC(=O)NCc1ccc(OCC2CCCO2)c(OC)c1. The zero-order chi connectivity index (χ0) is 19.6. The number of methoxy groups -OCH3 is 1. The van der Waals surface area contributed by atoms with Gasteiger partial charge in [0.15, 0.2) is 11.5 Å². The maximum atomic E-state index is 11.9. The molecule has 7 heteroatoms. The molecule has 2 amide bonds. The first-order chi connectivity index (χ1) is 13.0. The van der Waals surface area contributed by atoms with Crippen LogP contribution >= 0.6 is 0 Å². The fourth-order valence-corrected chi connectivity index (χ4v) is 2.69. The average Bonchev–Trinajstić information content (AvgIpc) is 3.21. The van der Waals surface area contributed by atoms with Crippen molar-refractivity contribution >= 4 is 11.8 Å². The molecular formula is C20H30N2O5. The Morgan fingerprint density at radius 1 is 1.30 bits per heavy atom. The zero-order valence-corrected chi connectivity index (χ0v) is 16.4. The second-order valence-electron chi connectivity index (χ2n) is 6.74. The molecule has 1 aliphatic rings. The first-order valence-electron chi connectivity index (χ1n) is 9.49. The molecule has 0 radical (unpaired) electrons. The van der Waals surface area contributed by atoms with Crippen molar-refractivity contribution < 1.29 is 23.8 Å². The van der Waals surface area contributed by atoms with Gasteiger partial charge in [-0.3, -0.25) is 9.59 Å². The van der Waals surface area contributed by atoms with E-state index >= 15 is 0 Å². The van der Waals surface area contributed by atoms with E-state index in [9.17, 15) is 9.59 Å². The molecule has 27 heavy (non-hydrogen) atoms. The Hall–Kier alpha value is -2.28. The fraction of sp³-hybridized carbons (Fsp3) is 0.600. The molecule has 7 nitrogen and oxygen atoms in total. The molecule has 1 aromatic rings. The molecule has 0 bridgehead atoms. The normalized spacial score (nSPS) is 17.2. The molecular weight excluding hydrogens is 348 g/mol. The largest absolute Gasteiger partial charge is 0.493 e. The summed E-state index contributed by atoms with van der Waals surface area (Å²) < 4.78 is 16.8. The Labute approximate surface area is 160 Å². The van der Waals surface area contributed by atoms with Gasteiger partial charge < -0.3 is 24.8 Å². The molecule has 2 atom stereocenters. The van der Waals surface area contributed by atoms with E-state index in [1.54, 1.807) is 7.11 Å². The Kier molecular flexibility index (Phi) is 8.39. The third-order valence-corrected chi connectivity index (χ3v) is 4.65. The van der Waals surface area contributed by atoms with Crippen LogP contribution in [-0.2, 0) is 20.9 Å². The van der Waals surface area contributed by atoms with Crippen molar-refractivity contribution in [1.29, 1.82) is 0 Å². The number of hydrogen-bond donors (Lipinski definition) is 2. The highest BCUT2D eigenvalue weighted by Crippen LogP contribution is 2.29. The molecule has 1 heterocycles. The van der Waals surface area contributed by atoms with Crippen molar-refractivity contribution in [2.75, 3.05) is 26.9 Å². The molecule has 2 N–H and O–H groups in total. The molecule has 1 fully saturated rings. The van der Waals surface area contributed by atoms with E-state index in [1.807, 2.05) is 32.0 Å². The highest BCUT2D eigenvalue weighted by molar-refractivity contribution is 5.85. The van der Waals surface area contributed by atoms with E-state index in [-0.39, 0.29) is 30.4 Å². The smallest absolute Gasteiger partial charge is 0.239 e. The Morgan fingerprint density at radius 2 is 2.11 bits per heavy atom. The zero-order valence-electron chi connectivity index (χ0n) is 16.4. The lowest BCUT2D eigenvalue weighted by atomic mass is 10.1. The van der Waals surface area contributed by atoms with Crippen LogP contribution in [0.2, 0.25) is 0 Å². The monoisotopic (exact) mass is 378 g/mol. The van der Waals surface area contributed by atoms with Gasteiger partial charge in [0.1, 0.15) is 6.61 Å². The van der Waals surface area contributed by atoms with E-state index in [4.69, 9.17) is 14.2 Å². The highest BCUT2D eigenvalue weighted by Gasteiger charge is 2.17. The number of hydrogen-bond acceptors (Lipinski definition) is 5. The summed E-state index contributed by atoms with van der Waals surface area (Å²) >= 11 is 0. The summed E-state index contributed by atoms with van der Waals surface area (Å²) in [4.78, 5) is 23.6. The third-order valence-electron chi connectivity index (χ3n) is 4.65.